The topological polar surface area (TPSA) is 86.2 Å². The first-order valence-corrected chi connectivity index (χ1v) is 9.75. The first-order valence-electron chi connectivity index (χ1n) is 9.37. The van der Waals surface area contributed by atoms with Crippen LogP contribution in [0.2, 0.25) is 5.02 Å². The molecule has 1 aliphatic rings. The summed E-state index contributed by atoms with van der Waals surface area (Å²) in [5, 5.41) is 9.84. The normalized spacial score (nSPS) is 13.6. The van der Waals surface area contributed by atoms with Gasteiger partial charge in [-0.05, 0) is 23.8 Å². The van der Waals surface area contributed by atoms with E-state index in [1.54, 1.807) is 48.4 Å². The molecule has 1 aliphatic heterocycles. The van der Waals surface area contributed by atoms with Gasteiger partial charge in [0.15, 0.2) is 0 Å². The van der Waals surface area contributed by atoms with Gasteiger partial charge in [-0.15, -0.1) is 0 Å². The van der Waals surface area contributed by atoms with Crippen LogP contribution in [0.15, 0.2) is 59.4 Å². The van der Waals surface area contributed by atoms with Gasteiger partial charge in [0.2, 0.25) is 0 Å². The molecular formula is C23H18ClN3O3. The zero-order valence-electron chi connectivity index (χ0n) is 16.2. The van der Waals surface area contributed by atoms with Crippen LogP contribution < -0.4 is 5.56 Å². The number of hydrogen-bond acceptors (Lipinski definition) is 4. The first kappa shape index (κ1) is 19.9. The number of carbonyl (C=O) groups is 1. The molecule has 1 amide bonds. The molecule has 6 nitrogen and oxygen atoms in total. The number of methoxy groups -OCH3 is 1. The van der Waals surface area contributed by atoms with Crippen LogP contribution in [0.3, 0.4) is 0 Å². The van der Waals surface area contributed by atoms with Crippen molar-refractivity contribution in [3.8, 4) is 28.5 Å². The quantitative estimate of drug-likeness (QED) is 0.698. The number of rotatable bonds is 4. The molecule has 0 unspecified atom stereocenters. The van der Waals surface area contributed by atoms with Crippen LogP contribution in [0, 0.1) is 11.3 Å². The Morgan fingerprint density at radius 1 is 1.20 bits per heavy atom. The van der Waals surface area contributed by atoms with Crippen molar-refractivity contribution in [1.29, 1.82) is 5.26 Å². The Kier molecular flexibility index (Phi) is 5.40. The van der Waals surface area contributed by atoms with Gasteiger partial charge < -0.3 is 14.6 Å². The second kappa shape index (κ2) is 8.15. The van der Waals surface area contributed by atoms with Gasteiger partial charge in [0.25, 0.3) is 11.5 Å². The second-order valence-electron chi connectivity index (χ2n) is 7.01. The fourth-order valence-electron chi connectivity index (χ4n) is 3.52. The summed E-state index contributed by atoms with van der Waals surface area (Å²) in [4.78, 5) is 30.7. The van der Waals surface area contributed by atoms with E-state index < -0.39 is 0 Å². The zero-order chi connectivity index (χ0) is 21.3. The van der Waals surface area contributed by atoms with Crippen molar-refractivity contribution >= 4 is 17.5 Å². The molecule has 7 heteroatoms. The van der Waals surface area contributed by atoms with Crippen molar-refractivity contribution in [2.24, 2.45) is 0 Å². The molecule has 1 aromatic heterocycles. The number of aromatic amines is 1. The molecule has 2 heterocycles. The largest absolute Gasteiger partial charge is 0.378 e. The molecule has 30 heavy (non-hydrogen) atoms. The fraction of sp³-hybridized carbons (Fsp3) is 0.174. The highest BCUT2D eigenvalue weighted by Crippen LogP contribution is 2.34. The number of likely N-dealkylation sites (tertiary alicyclic amines) is 1. The van der Waals surface area contributed by atoms with Crippen LogP contribution in [0.5, 0.6) is 0 Å². The molecule has 0 aliphatic carbocycles. The molecule has 1 N–H and O–H groups in total. The Bertz CT molecular complexity index is 1210. The molecule has 0 bridgehead atoms. The Labute approximate surface area is 178 Å². The molecule has 0 spiro atoms. The standard InChI is InChI=1S/C23H18ClN3O3/c1-30-16-12-27(13-16)23(29)18-10-17(14-6-3-2-4-7-14)22(28)26-21(18)20-15(11-25)8-5-9-19(20)24/h2-10,16H,12-13H2,1H3,(H,26,28). The molecule has 3 aromatic rings. The van der Waals surface area contributed by atoms with E-state index in [0.717, 1.165) is 0 Å². The first-order chi connectivity index (χ1) is 14.5. The van der Waals surface area contributed by atoms with Crippen molar-refractivity contribution in [2.45, 2.75) is 6.10 Å². The summed E-state index contributed by atoms with van der Waals surface area (Å²) < 4.78 is 5.27. The predicted molar refractivity (Wildman–Crippen MR) is 114 cm³/mol. The predicted octanol–water partition coefficient (Wildman–Crippen LogP) is 3.70. The SMILES string of the molecule is COC1CN(C(=O)c2cc(-c3ccccc3)c(=O)[nH]c2-c2c(Cl)cccc2C#N)C1. The molecule has 150 valence electrons. The lowest BCUT2D eigenvalue weighted by atomic mass is 9.96. The Morgan fingerprint density at radius 3 is 2.60 bits per heavy atom. The number of halogens is 1. The number of nitrogens with zero attached hydrogens (tertiary/aromatic N) is 2. The van der Waals surface area contributed by atoms with E-state index in [4.69, 9.17) is 16.3 Å². The zero-order valence-corrected chi connectivity index (χ0v) is 16.9. The highest BCUT2D eigenvalue weighted by molar-refractivity contribution is 6.33. The number of ether oxygens (including phenoxy) is 1. The number of carbonyl (C=O) groups excluding carboxylic acids is 1. The van der Waals surface area contributed by atoms with Gasteiger partial charge >= 0.3 is 0 Å². The number of amides is 1. The third-order valence-electron chi connectivity index (χ3n) is 5.21. The maximum Gasteiger partial charge on any atom is 0.256 e. The lowest BCUT2D eigenvalue weighted by Gasteiger charge is -2.38. The highest BCUT2D eigenvalue weighted by Gasteiger charge is 2.33. The maximum absolute atomic E-state index is 13.3. The lowest BCUT2D eigenvalue weighted by Crippen LogP contribution is -2.54. The van der Waals surface area contributed by atoms with Gasteiger partial charge in [-0.3, -0.25) is 9.59 Å². The monoisotopic (exact) mass is 419 g/mol. The van der Waals surface area contributed by atoms with Gasteiger partial charge in [-0.2, -0.15) is 5.26 Å². The number of aromatic nitrogens is 1. The maximum atomic E-state index is 13.3. The molecule has 1 saturated heterocycles. The third kappa shape index (κ3) is 3.50. The van der Waals surface area contributed by atoms with Crippen LogP contribution in [-0.4, -0.2) is 42.1 Å². The van der Waals surface area contributed by atoms with Crippen molar-refractivity contribution in [3.05, 3.63) is 81.1 Å². The van der Waals surface area contributed by atoms with Crippen LogP contribution in [0.1, 0.15) is 15.9 Å². The summed E-state index contributed by atoms with van der Waals surface area (Å²) in [7, 11) is 1.61. The van der Waals surface area contributed by atoms with Crippen molar-refractivity contribution < 1.29 is 9.53 Å². The minimum Gasteiger partial charge on any atom is -0.378 e. The van der Waals surface area contributed by atoms with Gasteiger partial charge in [0.05, 0.1) is 34.0 Å². The molecule has 4 rings (SSSR count). The molecule has 0 atom stereocenters. The Hall–Kier alpha value is -3.40. The van der Waals surface area contributed by atoms with E-state index in [-0.39, 0.29) is 39.4 Å². The van der Waals surface area contributed by atoms with Crippen molar-refractivity contribution in [1.82, 2.24) is 9.88 Å². The van der Waals surface area contributed by atoms with E-state index in [9.17, 15) is 14.9 Å². The van der Waals surface area contributed by atoms with E-state index in [1.807, 2.05) is 18.2 Å². The van der Waals surface area contributed by atoms with Crippen LogP contribution in [0.25, 0.3) is 22.4 Å². The van der Waals surface area contributed by atoms with Gasteiger partial charge in [-0.1, -0.05) is 48.0 Å². The number of benzene rings is 2. The van der Waals surface area contributed by atoms with Gasteiger partial charge in [0.1, 0.15) is 0 Å². The minimum atomic E-state index is -0.366. The second-order valence-corrected chi connectivity index (χ2v) is 7.42. The van der Waals surface area contributed by atoms with Gasteiger partial charge in [-0.25, -0.2) is 0 Å². The average Bonchev–Trinajstić information content (AvgIpc) is 2.73. The van der Waals surface area contributed by atoms with Crippen molar-refractivity contribution in [3.63, 3.8) is 0 Å². The summed E-state index contributed by atoms with van der Waals surface area (Å²) in [6.07, 6.45) is -0.0104. The number of pyridine rings is 1. The van der Waals surface area contributed by atoms with E-state index in [1.165, 1.54) is 0 Å². The Balaban J connectivity index is 1.92. The number of hydrogen-bond donors (Lipinski definition) is 1. The summed E-state index contributed by atoms with van der Waals surface area (Å²) in [5.41, 5.74) is 1.84. The van der Waals surface area contributed by atoms with E-state index in [0.29, 0.717) is 29.8 Å². The number of nitriles is 1. The average molecular weight is 420 g/mol. The van der Waals surface area contributed by atoms with Crippen LogP contribution in [0.4, 0.5) is 0 Å². The number of nitrogens with one attached hydrogen (secondary N) is 1. The molecule has 0 radical (unpaired) electrons. The van der Waals surface area contributed by atoms with E-state index >= 15 is 0 Å². The fourth-order valence-corrected chi connectivity index (χ4v) is 3.79. The lowest BCUT2D eigenvalue weighted by molar-refractivity contribution is -0.0191. The number of H-pyrrole nitrogens is 1. The molecular weight excluding hydrogens is 402 g/mol. The summed E-state index contributed by atoms with van der Waals surface area (Å²) in [5.74, 6) is -0.254. The van der Waals surface area contributed by atoms with Crippen molar-refractivity contribution in [2.75, 3.05) is 20.2 Å². The molecule has 0 saturated carbocycles. The molecule has 2 aromatic carbocycles. The highest BCUT2D eigenvalue weighted by atomic mass is 35.5. The smallest absolute Gasteiger partial charge is 0.256 e. The Morgan fingerprint density at radius 2 is 1.93 bits per heavy atom. The molecule has 1 fully saturated rings. The minimum absolute atomic E-state index is 0.0104. The summed E-state index contributed by atoms with van der Waals surface area (Å²) in [6.45, 7) is 0.921. The van der Waals surface area contributed by atoms with Gasteiger partial charge in [0, 0.05) is 31.3 Å². The van der Waals surface area contributed by atoms with Crippen LogP contribution in [-0.2, 0) is 4.74 Å². The van der Waals surface area contributed by atoms with E-state index in [2.05, 4.69) is 11.1 Å². The summed E-state index contributed by atoms with van der Waals surface area (Å²) >= 11 is 6.38. The van der Waals surface area contributed by atoms with Crippen LogP contribution >= 0.6 is 11.6 Å². The third-order valence-corrected chi connectivity index (χ3v) is 5.52. The summed E-state index contributed by atoms with van der Waals surface area (Å²) in [6, 6.07) is 17.7.